The average molecular weight is 260 g/mol. The number of halogens is 1. The normalized spacial score (nSPS) is 11.1. The van der Waals surface area contributed by atoms with Crippen molar-refractivity contribution in [2.45, 2.75) is 6.92 Å². The van der Waals surface area contributed by atoms with Crippen molar-refractivity contribution in [3.05, 3.63) is 46.3 Å². The molecule has 0 atom stereocenters. The van der Waals surface area contributed by atoms with Gasteiger partial charge in [-0.1, -0.05) is 12.1 Å². The number of nitrogens with zero attached hydrogens (tertiary/aromatic N) is 3. The lowest BCUT2D eigenvalue weighted by molar-refractivity contribution is 0.436. The van der Waals surface area contributed by atoms with Crippen LogP contribution in [0.3, 0.4) is 0 Å². The number of fused-ring (bicyclic) bond motifs is 1. The number of aromatic nitrogens is 4. The maximum atomic E-state index is 13.9. The quantitative estimate of drug-likeness (QED) is 0.689. The molecule has 2 heterocycles. The Labute approximate surface area is 106 Å². The summed E-state index contributed by atoms with van der Waals surface area (Å²) in [4.78, 5) is 18.2. The van der Waals surface area contributed by atoms with Crippen molar-refractivity contribution in [2.75, 3.05) is 0 Å². The molecule has 0 unspecified atom stereocenters. The van der Waals surface area contributed by atoms with Crippen LogP contribution in [-0.2, 0) is 0 Å². The average Bonchev–Trinajstić information content (AvgIpc) is 2.81. The van der Waals surface area contributed by atoms with Crippen LogP contribution in [0.4, 0.5) is 4.39 Å². The van der Waals surface area contributed by atoms with Crippen LogP contribution in [0, 0.1) is 12.7 Å². The lowest BCUT2D eigenvalue weighted by Crippen LogP contribution is -2.14. The topological polar surface area (TPSA) is 83.3 Å². The van der Waals surface area contributed by atoms with Gasteiger partial charge in [-0.3, -0.25) is 9.78 Å². The Morgan fingerprint density at radius 2 is 2.16 bits per heavy atom. The highest BCUT2D eigenvalue weighted by molar-refractivity contribution is 5.72. The van der Waals surface area contributed by atoms with E-state index < -0.39 is 17.3 Å². The number of benzene rings is 1. The minimum Gasteiger partial charge on any atom is -0.493 e. The Bertz CT molecular complexity index is 817. The molecule has 0 fully saturated rings. The molecule has 0 amide bonds. The van der Waals surface area contributed by atoms with Crippen molar-refractivity contribution in [1.82, 2.24) is 19.6 Å². The van der Waals surface area contributed by atoms with Gasteiger partial charge in [0.15, 0.2) is 0 Å². The van der Waals surface area contributed by atoms with Crippen molar-refractivity contribution in [2.24, 2.45) is 0 Å². The fourth-order valence-corrected chi connectivity index (χ4v) is 2.03. The summed E-state index contributed by atoms with van der Waals surface area (Å²) in [7, 11) is 0. The summed E-state index contributed by atoms with van der Waals surface area (Å²) in [5.41, 5.74) is -0.182. The molecule has 0 aliphatic carbocycles. The van der Waals surface area contributed by atoms with E-state index >= 15 is 0 Å². The molecule has 3 rings (SSSR count). The van der Waals surface area contributed by atoms with Gasteiger partial charge in [-0.25, -0.2) is 4.39 Å². The minimum atomic E-state index is -0.619. The van der Waals surface area contributed by atoms with Gasteiger partial charge >= 0.3 is 0 Å². The summed E-state index contributed by atoms with van der Waals surface area (Å²) in [6.07, 6.45) is 1.18. The maximum Gasteiger partial charge on any atom is 0.264 e. The highest BCUT2D eigenvalue weighted by Gasteiger charge is 2.19. The van der Waals surface area contributed by atoms with Crippen LogP contribution in [-0.4, -0.2) is 24.7 Å². The molecule has 19 heavy (non-hydrogen) atoms. The van der Waals surface area contributed by atoms with Gasteiger partial charge in [-0.2, -0.15) is 14.6 Å². The molecular formula is C12H9FN4O2. The van der Waals surface area contributed by atoms with Crippen molar-refractivity contribution in [1.29, 1.82) is 0 Å². The van der Waals surface area contributed by atoms with E-state index in [0.717, 1.165) is 4.52 Å². The number of aromatic amines is 1. The molecule has 0 radical (unpaired) electrons. The minimum absolute atomic E-state index is 0.0543. The summed E-state index contributed by atoms with van der Waals surface area (Å²) in [5, 5.41) is 13.9. The molecule has 0 saturated heterocycles. The van der Waals surface area contributed by atoms with Gasteiger partial charge in [0.05, 0.1) is 0 Å². The number of nitrogens with one attached hydrogen (secondary N) is 1. The first-order valence-corrected chi connectivity index (χ1v) is 5.50. The summed E-state index contributed by atoms with van der Waals surface area (Å²) < 4.78 is 15.0. The van der Waals surface area contributed by atoms with Gasteiger partial charge in [0, 0.05) is 5.56 Å². The molecule has 0 aliphatic heterocycles. The second-order valence-corrected chi connectivity index (χ2v) is 4.08. The number of hydrogen-bond acceptors (Lipinski definition) is 4. The molecule has 1 aromatic carbocycles. The monoisotopic (exact) mass is 260 g/mol. The van der Waals surface area contributed by atoms with Gasteiger partial charge in [0.1, 0.15) is 17.7 Å². The van der Waals surface area contributed by atoms with E-state index in [2.05, 4.69) is 15.1 Å². The number of H-pyrrole nitrogens is 1. The first-order chi connectivity index (χ1) is 9.09. The second-order valence-electron chi connectivity index (χ2n) is 4.08. The Balaban J connectivity index is 2.46. The molecule has 0 spiro atoms. The van der Waals surface area contributed by atoms with Gasteiger partial charge in [0.2, 0.25) is 11.7 Å². The molecule has 3 aromatic rings. The van der Waals surface area contributed by atoms with Crippen LogP contribution in [0.1, 0.15) is 5.56 Å². The van der Waals surface area contributed by atoms with E-state index in [1.807, 2.05) is 0 Å². The van der Waals surface area contributed by atoms with Crippen LogP contribution >= 0.6 is 0 Å². The lowest BCUT2D eigenvalue weighted by Gasteiger charge is -2.08. The van der Waals surface area contributed by atoms with E-state index in [1.54, 1.807) is 13.0 Å². The smallest absolute Gasteiger partial charge is 0.264 e. The third kappa shape index (κ3) is 1.59. The van der Waals surface area contributed by atoms with Gasteiger partial charge < -0.3 is 5.11 Å². The van der Waals surface area contributed by atoms with Crippen LogP contribution in [0.5, 0.6) is 5.88 Å². The molecule has 2 N–H and O–H groups in total. The summed E-state index contributed by atoms with van der Waals surface area (Å²) in [5.74, 6) is -0.926. The zero-order valence-corrected chi connectivity index (χ0v) is 9.88. The number of rotatable bonds is 1. The standard InChI is InChI=1S/C12H9FN4O2/c1-6-3-2-4-7(13)8(6)9-10(18)16-12-14-5-15-17(12)11(9)19/h2-5,19H,1H3,(H,14,15,16,18). The van der Waals surface area contributed by atoms with E-state index in [0.29, 0.717) is 5.56 Å². The van der Waals surface area contributed by atoms with Gasteiger partial charge in [0.25, 0.3) is 5.56 Å². The van der Waals surface area contributed by atoms with Crippen molar-refractivity contribution in [3.8, 4) is 17.0 Å². The van der Waals surface area contributed by atoms with E-state index in [9.17, 15) is 14.3 Å². The molecule has 0 bridgehead atoms. The van der Waals surface area contributed by atoms with E-state index in [4.69, 9.17) is 0 Å². The molecule has 96 valence electrons. The van der Waals surface area contributed by atoms with Crippen molar-refractivity contribution in [3.63, 3.8) is 0 Å². The van der Waals surface area contributed by atoms with Gasteiger partial charge in [-0.15, -0.1) is 0 Å². The van der Waals surface area contributed by atoms with Gasteiger partial charge in [-0.05, 0) is 18.6 Å². The van der Waals surface area contributed by atoms with E-state index in [1.165, 1.54) is 18.5 Å². The SMILES string of the molecule is Cc1cccc(F)c1-c1c(O)n2ncnc2[nH]c1=O. The Hall–Kier alpha value is -2.70. The highest BCUT2D eigenvalue weighted by atomic mass is 19.1. The molecule has 2 aromatic heterocycles. The molecule has 6 nitrogen and oxygen atoms in total. The number of aryl methyl sites for hydroxylation is 1. The fourth-order valence-electron chi connectivity index (χ4n) is 2.03. The predicted octanol–water partition coefficient (Wildman–Crippen LogP) is 1.24. The van der Waals surface area contributed by atoms with Crippen molar-refractivity contribution < 1.29 is 9.50 Å². The Morgan fingerprint density at radius 3 is 2.89 bits per heavy atom. The Kier molecular flexibility index (Phi) is 2.34. The fraction of sp³-hybridized carbons (Fsp3) is 0.0833. The zero-order valence-electron chi connectivity index (χ0n) is 9.88. The first kappa shape index (κ1) is 11.4. The molecular weight excluding hydrogens is 251 g/mol. The summed E-state index contributed by atoms with van der Waals surface area (Å²) >= 11 is 0. The zero-order chi connectivity index (χ0) is 13.6. The predicted molar refractivity (Wildman–Crippen MR) is 65.4 cm³/mol. The largest absolute Gasteiger partial charge is 0.493 e. The molecule has 7 heteroatoms. The van der Waals surface area contributed by atoms with Crippen LogP contribution in [0.25, 0.3) is 16.9 Å². The van der Waals surface area contributed by atoms with Crippen LogP contribution < -0.4 is 5.56 Å². The third-order valence-electron chi connectivity index (χ3n) is 2.90. The Morgan fingerprint density at radius 1 is 1.37 bits per heavy atom. The first-order valence-electron chi connectivity index (χ1n) is 5.50. The van der Waals surface area contributed by atoms with Crippen molar-refractivity contribution >= 4 is 5.78 Å². The van der Waals surface area contributed by atoms with Crippen LogP contribution in [0.15, 0.2) is 29.3 Å². The summed E-state index contributed by atoms with van der Waals surface area (Å²) in [6.45, 7) is 1.66. The second kappa shape index (κ2) is 3.91. The van der Waals surface area contributed by atoms with Crippen LogP contribution in [0.2, 0.25) is 0 Å². The maximum absolute atomic E-state index is 13.9. The highest BCUT2D eigenvalue weighted by Crippen LogP contribution is 2.29. The number of aromatic hydroxyl groups is 1. The number of hydrogen-bond donors (Lipinski definition) is 2. The molecule has 0 aliphatic rings. The third-order valence-corrected chi connectivity index (χ3v) is 2.90. The van der Waals surface area contributed by atoms with E-state index in [-0.39, 0.29) is 16.9 Å². The summed E-state index contributed by atoms with van der Waals surface area (Å²) in [6, 6.07) is 4.42. The molecule has 0 saturated carbocycles. The lowest BCUT2D eigenvalue weighted by atomic mass is 10.0.